The number of hydrogen-bond acceptors (Lipinski definition) is 5. The molecule has 6 heteroatoms. The largest absolute Gasteiger partial charge is 0.493 e. The fourth-order valence-electron chi connectivity index (χ4n) is 3.33. The minimum absolute atomic E-state index is 0.0368. The predicted molar refractivity (Wildman–Crippen MR) is 106 cm³/mol. The van der Waals surface area contributed by atoms with Gasteiger partial charge in [0.05, 0.1) is 18.6 Å². The van der Waals surface area contributed by atoms with Gasteiger partial charge in [-0.05, 0) is 43.5 Å². The summed E-state index contributed by atoms with van der Waals surface area (Å²) >= 11 is 6.87. The molecule has 1 aliphatic carbocycles. The van der Waals surface area contributed by atoms with Crippen molar-refractivity contribution in [2.75, 3.05) is 13.7 Å². The zero-order valence-corrected chi connectivity index (χ0v) is 16.3. The summed E-state index contributed by atoms with van der Waals surface area (Å²) in [5.74, 6) is 1.41. The SMILES string of the molecule is CCOc1ccc(C=C2SC(=S)N(C3CCCCC3)C2=O)cc1OC. The molecule has 2 aliphatic rings. The van der Waals surface area contributed by atoms with Gasteiger partial charge in [0.25, 0.3) is 5.91 Å². The Balaban J connectivity index is 1.81. The second-order valence-electron chi connectivity index (χ2n) is 6.19. The van der Waals surface area contributed by atoms with Crippen LogP contribution in [0.3, 0.4) is 0 Å². The van der Waals surface area contributed by atoms with Gasteiger partial charge in [-0.2, -0.15) is 0 Å². The number of carbonyl (C=O) groups excluding carboxylic acids is 1. The third kappa shape index (κ3) is 4.01. The Bertz CT molecular complexity index is 696. The number of rotatable bonds is 5. The van der Waals surface area contributed by atoms with Crippen molar-refractivity contribution in [2.24, 2.45) is 0 Å². The third-order valence-electron chi connectivity index (χ3n) is 4.55. The van der Waals surface area contributed by atoms with E-state index in [0.29, 0.717) is 27.3 Å². The summed E-state index contributed by atoms with van der Waals surface area (Å²) < 4.78 is 11.6. The first-order chi connectivity index (χ1) is 12.1. The Hall–Kier alpha value is -1.53. The van der Waals surface area contributed by atoms with Crippen LogP contribution in [0.1, 0.15) is 44.6 Å². The minimum atomic E-state index is 0.0368. The second kappa shape index (κ2) is 8.23. The third-order valence-corrected chi connectivity index (χ3v) is 5.88. The second-order valence-corrected chi connectivity index (χ2v) is 7.86. The highest BCUT2D eigenvalue weighted by molar-refractivity contribution is 8.26. The number of thiocarbonyl (C=S) groups is 1. The van der Waals surface area contributed by atoms with Crippen LogP contribution in [0, 0.1) is 0 Å². The number of carbonyl (C=O) groups is 1. The first-order valence-electron chi connectivity index (χ1n) is 8.72. The molecule has 0 spiro atoms. The smallest absolute Gasteiger partial charge is 0.266 e. The fourth-order valence-corrected chi connectivity index (χ4v) is 4.73. The summed E-state index contributed by atoms with van der Waals surface area (Å²) in [7, 11) is 1.62. The number of benzene rings is 1. The summed E-state index contributed by atoms with van der Waals surface area (Å²) in [6, 6.07) is 5.96. The molecule has 0 bridgehead atoms. The first kappa shape index (κ1) is 18.3. The predicted octanol–water partition coefficient (Wildman–Crippen LogP) is 4.63. The molecule has 0 aromatic heterocycles. The van der Waals surface area contributed by atoms with Gasteiger partial charge in [-0.15, -0.1) is 0 Å². The van der Waals surface area contributed by atoms with E-state index in [-0.39, 0.29) is 11.9 Å². The molecule has 0 atom stereocenters. The van der Waals surface area contributed by atoms with Crippen molar-refractivity contribution in [3.63, 3.8) is 0 Å². The van der Waals surface area contributed by atoms with E-state index in [4.69, 9.17) is 21.7 Å². The van der Waals surface area contributed by atoms with Gasteiger partial charge in [0.2, 0.25) is 0 Å². The lowest BCUT2D eigenvalue weighted by Gasteiger charge is -2.29. The van der Waals surface area contributed by atoms with E-state index >= 15 is 0 Å². The van der Waals surface area contributed by atoms with E-state index < -0.39 is 0 Å². The van der Waals surface area contributed by atoms with Gasteiger partial charge in [0, 0.05) is 6.04 Å². The van der Waals surface area contributed by atoms with Crippen molar-refractivity contribution in [3.05, 3.63) is 28.7 Å². The molecule has 0 radical (unpaired) electrons. The maximum Gasteiger partial charge on any atom is 0.266 e. The molecule has 1 aromatic rings. The van der Waals surface area contributed by atoms with Crippen LogP contribution in [0.2, 0.25) is 0 Å². The average molecular weight is 378 g/mol. The molecule has 25 heavy (non-hydrogen) atoms. The van der Waals surface area contributed by atoms with Gasteiger partial charge in [-0.25, -0.2) is 0 Å². The van der Waals surface area contributed by atoms with E-state index in [1.54, 1.807) is 7.11 Å². The first-order valence-corrected chi connectivity index (χ1v) is 9.94. The number of hydrogen-bond donors (Lipinski definition) is 0. The molecule has 1 heterocycles. The van der Waals surface area contributed by atoms with Crippen molar-refractivity contribution >= 4 is 40.3 Å². The zero-order valence-electron chi connectivity index (χ0n) is 14.6. The number of ether oxygens (including phenoxy) is 2. The van der Waals surface area contributed by atoms with Crippen LogP contribution < -0.4 is 9.47 Å². The fraction of sp³-hybridized carbons (Fsp3) is 0.474. The van der Waals surface area contributed by atoms with Crippen LogP contribution in [0.15, 0.2) is 23.1 Å². The Morgan fingerprint density at radius 1 is 1.28 bits per heavy atom. The van der Waals surface area contributed by atoms with Crippen LogP contribution in [0.25, 0.3) is 6.08 Å². The average Bonchev–Trinajstić information content (AvgIpc) is 2.90. The molecule has 3 rings (SSSR count). The highest BCUT2D eigenvalue weighted by atomic mass is 32.2. The normalized spacial score (nSPS) is 20.4. The molecule has 134 valence electrons. The molecule has 1 aromatic carbocycles. The molecule has 1 saturated carbocycles. The summed E-state index contributed by atoms with van der Waals surface area (Å²) in [6.07, 6.45) is 7.61. The maximum absolute atomic E-state index is 12.8. The molecular weight excluding hydrogens is 354 g/mol. The number of nitrogens with zero attached hydrogens (tertiary/aromatic N) is 1. The van der Waals surface area contributed by atoms with Crippen molar-refractivity contribution < 1.29 is 14.3 Å². The lowest BCUT2D eigenvalue weighted by atomic mass is 9.94. The van der Waals surface area contributed by atoms with E-state index in [1.807, 2.05) is 36.1 Å². The highest BCUT2D eigenvalue weighted by Crippen LogP contribution is 2.38. The van der Waals surface area contributed by atoms with Crippen LogP contribution in [0.4, 0.5) is 0 Å². The van der Waals surface area contributed by atoms with E-state index in [0.717, 1.165) is 18.4 Å². The van der Waals surface area contributed by atoms with Gasteiger partial charge in [-0.1, -0.05) is 49.3 Å². The van der Waals surface area contributed by atoms with Gasteiger partial charge < -0.3 is 9.47 Å². The topological polar surface area (TPSA) is 38.8 Å². The van der Waals surface area contributed by atoms with Crippen LogP contribution >= 0.6 is 24.0 Å². The lowest BCUT2D eigenvalue weighted by Crippen LogP contribution is -2.39. The molecule has 1 aliphatic heterocycles. The van der Waals surface area contributed by atoms with Crippen molar-refractivity contribution in [1.82, 2.24) is 4.90 Å². The monoisotopic (exact) mass is 377 g/mol. The Labute approximate surface area is 158 Å². The van der Waals surface area contributed by atoms with Crippen molar-refractivity contribution in [1.29, 1.82) is 0 Å². The van der Waals surface area contributed by atoms with Crippen molar-refractivity contribution in [2.45, 2.75) is 45.1 Å². The molecule has 0 N–H and O–H groups in total. The van der Waals surface area contributed by atoms with Crippen molar-refractivity contribution in [3.8, 4) is 11.5 Å². The number of methoxy groups -OCH3 is 1. The van der Waals surface area contributed by atoms with E-state index in [1.165, 1.54) is 31.0 Å². The molecule has 2 fully saturated rings. The summed E-state index contributed by atoms with van der Waals surface area (Å²) in [5.41, 5.74) is 0.907. The lowest BCUT2D eigenvalue weighted by molar-refractivity contribution is -0.124. The number of amides is 1. The maximum atomic E-state index is 12.8. The van der Waals surface area contributed by atoms with E-state index in [2.05, 4.69) is 0 Å². The number of thioether (sulfide) groups is 1. The summed E-state index contributed by atoms with van der Waals surface area (Å²) in [5, 5.41) is 0. The molecule has 0 unspecified atom stereocenters. The van der Waals surface area contributed by atoms with Crippen LogP contribution in [-0.4, -0.2) is 34.9 Å². The van der Waals surface area contributed by atoms with E-state index in [9.17, 15) is 4.79 Å². The molecule has 1 saturated heterocycles. The quantitative estimate of drug-likeness (QED) is 0.553. The minimum Gasteiger partial charge on any atom is -0.493 e. The molecule has 1 amide bonds. The zero-order chi connectivity index (χ0) is 17.8. The van der Waals surface area contributed by atoms with Crippen LogP contribution in [-0.2, 0) is 4.79 Å². The van der Waals surface area contributed by atoms with Gasteiger partial charge in [0.15, 0.2) is 11.5 Å². The standard InChI is InChI=1S/C19H23NO3S2/c1-3-23-15-10-9-13(11-16(15)22-2)12-17-18(21)20(19(24)25-17)14-7-5-4-6-8-14/h9-12,14H,3-8H2,1-2H3. The molecular formula is C19H23NO3S2. The Morgan fingerprint density at radius 3 is 2.72 bits per heavy atom. The summed E-state index contributed by atoms with van der Waals surface area (Å²) in [4.78, 5) is 15.3. The van der Waals surface area contributed by atoms with Gasteiger partial charge in [-0.3, -0.25) is 9.69 Å². The Morgan fingerprint density at radius 2 is 2.04 bits per heavy atom. The van der Waals surface area contributed by atoms with Crippen LogP contribution in [0.5, 0.6) is 11.5 Å². The summed E-state index contributed by atoms with van der Waals surface area (Å²) in [6.45, 7) is 2.51. The highest BCUT2D eigenvalue weighted by Gasteiger charge is 2.37. The van der Waals surface area contributed by atoms with Gasteiger partial charge >= 0.3 is 0 Å². The van der Waals surface area contributed by atoms with Gasteiger partial charge in [0.1, 0.15) is 4.32 Å². The molecule has 4 nitrogen and oxygen atoms in total. The Kier molecular flexibility index (Phi) is 6.02.